The summed E-state index contributed by atoms with van der Waals surface area (Å²) in [5, 5.41) is 0. The summed E-state index contributed by atoms with van der Waals surface area (Å²) in [7, 11) is -7.60. The minimum absolute atomic E-state index is 0.0936. The molecule has 3 rings (SSSR count). The third kappa shape index (κ3) is 4.51. The molecule has 0 unspecified atom stereocenters. The number of pyridine rings is 1. The first-order chi connectivity index (χ1) is 14.4. The van der Waals surface area contributed by atoms with Gasteiger partial charge in [-0.25, -0.2) is 21.1 Å². The number of aromatic nitrogens is 1. The molecule has 2 aromatic rings. The second kappa shape index (κ2) is 8.33. The van der Waals surface area contributed by atoms with Crippen LogP contribution >= 0.6 is 0 Å². The van der Waals surface area contributed by atoms with Crippen LogP contribution < -0.4 is 4.31 Å². The van der Waals surface area contributed by atoms with Crippen LogP contribution in [-0.4, -0.2) is 50.9 Å². The van der Waals surface area contributed by atoms with E-state index in [1.54, 1.807) is 40.1 Å². The molecule has 0 radical (unpaired) electrons. The quantitative estimate of drug-likeness (QED) is 0.622. The Kier molecular flexibility index (Phi) is 6.28. The number of hydrogen-bond donors (Lipinski definition) is 0. The Labute approximate surface area is 184 Å². The molecule has 1 aliphatic heterocycles. The summed E-state index contributed by atoms with van der Waals surface area (Å²) in [5.74, 6) is -0.800. The molecule has 10 heteroatoms. The fourth-order valence-electron chi connectivity index (χ4n) is 3.70. The van der Waals surface area contributed by atoms with E-state index < -0.39 is 31.4 Å². The summed E-state index contributed by atoms with van der Waals surface area (Å²) in [6.45, 7) is 7.14. The van der Waals surface area contributed by atoms with Crippen LogP contribution in [0.5, 0.6) is 0 Å². The van der Waals surface area contributed by atoms with Crippen LogP contribution in [-0.2, 0) is 31.3 Å². The van der Waals surface area contributed by atoms with E-state index in [4.69, 9.17) is 0 Å². The standard InChI is InChI=1S/C21H27N3O5S2/c1-5-23(13-10-17-8-11-22-12-9-17)31(28,29)19-7-6-18(14-16(19)2)24-20(25)21(3,4)15-30(24,26)27/h6-9,11-12,14H,5,10,13,15H2,1-4H3. The van der Waals surface area contributed by atoms with Crippen LogP contribution in [0.15, 0.2) is 47.6 Å². The van der Waals surface area contributed by atoms with E-state index in [-0.39, 0.29) is 16.3 Å². The first-order valence-corrected chi connectivity index (χ1v) is 13.0. The lowest BCUT2D eigenvalue weighted by atomic mass is 9.95. The molecule has 0 aliphatic carbocycles. The first kappa shape index (κ1) is 23.4. The van der Waals surface area contributed by atoms with Gasteiger partial charge in [-0.15, -0.1) is 0 Å². The normalized spacial score (nSPS) is 18.0. The Hall–Kier alpha value is -2.30. The predicted molar refractivity (Wildman–Crippen MR) is 119 cm³/mol. The van der Waals surface area contributed by atoms with Gasteiger partial charge in [0, 0.05) is 25.5 Å². The molecule has 8 nitrogen and oxygen atoms in total. The Balaban J connectivity index is 1.90. The van der Waals surface area contributed by atoms with Crippen molar-refractivity contribution in [3.05, 3.63) is 53.9 Å². The van der Waals surface area contributed by atoms with Gasteiger partial charge >= 0.3 is 0 Å². The highest BCUT2D eigenvalue weighted by molar-refractivity contribution is 7.94. The van der Waals surface area contributed by atoms with Crippen LogP contribution in [0.3, 0.4) is 0 Å². The largest absolute Gasteiger partial charge is 0.273 e. The molecule has 1 aliphatic rings. The highest BCUT2D eigenvalue weighted by atomic mass is 32.2. The second-order valence-electron chi connectivity index (χ2n) is 8.26. The number of likely N-dealkylation sites (N-methyl/N-ethyl adjacent to an activating group) is 1. The number of hydrogen-bond acceptors (Lipinski definition) is 6. The predicted octanol–water partition coefficient (Wildman–Crippen LogP) is 2.35. The molecule has 168 valence electrons. The van der Waals surface area contributed by atoms with Crippen molar-refractivity contribution in [1.82, 2.24) is 9.29 Å². The number of carbonyl (C=O) groups is 1. The van der Waals surface area contributed by atoms with Crippen LogP contribution in [0.25, 0.3) is 0 Å². The molecular formula is C21H27N3O5S2. The molecule has 0 spiro atoms. The Morgan fingerprint density at radius 3 is 2.32 bits per heavy atom. The maximum Gasteiger partial charge on any atom is 0.247 e. The van der Waals surface area contributed by atoms with E-state index in [1.165, 1.54) is 22.5 Å². The van der Waals surface area contributed by atoms with Crippen LogP contribution in [0.2, 0.25) is 0 Å². The fourth-order valence-corrected chi connectivity index (χ4v) is 7.46. The minimum atomic E-state index is -3.80. The number of nitrogens with zero attached hydrogens (tertiary/aromatic N) is 3. The Morgan fingerprint density at radius 2 is 1.81 bits per heavy atom. The summed E-state index contributed by atoms with van der Waals surface area (Å²) < 4.78 is 53.7. The van der Waals surface area contributed by atoms with Gasteiger partial charge in [0.1, 0.15) is 0 Å². The summed E-state index contributed by atoms with van der Waals surface area (Å²) in [4.78, 5) is 16.7. The number of benzene rings is 1. The molecule has 1 saturated heterocycles. The zero-order valence-electron chi connectivity index (χ0n) is 18.1. The molecule has 0 bridgehead atoms. The molecule has 1 amide bonds. The van der Waals surface area contributed by atoms with E-state index in [0.29, 0.717) is 25.1 Å². The van der Waals surface area contributed by atoms with Gasteiger partial charge in [0.2, 0.25) is 26.0 Å². The summed E-state index contributed by atoms with van der Waals surface area (Å²) in [5.41, 5.74) is 0.499. The van der Waals surface area contributed by atoms with Gasteiger partial charge in [-0.1, -0.05) is 6.92 Å². The zero-order chi connectivity index (χ0) is 23.0. The van der Waals surface area contributed by atoms with Gasteiger partial charge in [-0.3, -0.25) is 9.78 Å². The third-order valence-corrected chi connectivity index (χ3v) is 9.50. The van der Waals surface area contributed by atoms with Gasteiger partial charge in [0.05, 0.1) is 21.8 Å². The SMILES string of the molecule is CCN(CCc1ccncc1)S(=O)(=O)c1ccc(N2C(=O)C(C)(C)CS2(=O)=O)cc1C. The van der Waals surface area contributed by atoms with Gasteiger partial charge in [-0.05, 0) is 68.7 Å². The first-order valence-electron chi connectivity index (χ1n) is 9.97. The number of rotatable bonds is 7. The molecule has 1 aromatic carbocycles. The van der Waals surface area contributed by atoms with E-state index >= 15 is 0 Å². The van der Waals surface area contributed by atoms with E-state index in [1.807, 2.05) is 12.1 Å². The van der Waals surface area contributed by atoms with Gasteiger partial charge in [0.15, 0.2) is 0 Å². The van der Waals surface area contributed by atoms with Crippen molar-refractivity contribution in [3.8, 4) is 0 Å². The maximum absolute atomic E-state index is 13.2. The highest BCUT2D eigenvalue weighted by Crippen LogP contribution is 2.37. The van der Waals surface area contributed by atoms with Gasteiger partial charge in [0.25, 0.3) is 0 Å². The number of aryl methyl sites for hydroxylation is 1. The molecule has 1 aromatic heterocycles. The molecule has 2 heterocycles. The summed E-state index contributed by atoms with van der Waals surface area (Å²) in [6.07, 6.45) is 3.87. The molecule has 1 fully saturated rings. The fraction of sp³-hybridized carbons (Fsp3) is 0.429. The molecular weight excluding hydrogens is 438 g/mol. The highest BCUT2D eigenvalue weighted by Gasteiger charge is 2.50. The number of carbonyl (C=O) groups excluding carboxylic acids is 1. The van der Waals surface area contributed by atoms with Gasteiger partial charge < -0.3 is 0 Å². The van der Waals surface area contributed by atoms with Crippen LogP contribution in [0.4, 0.5) is 5.69 Å². The third-order valence-electron chi connectivity index (χ3n) is 5.35. The van der Waals surface area contributed by atoms with E-state index in [2.05, 4.69) is 4.98 Å². The molecule has 0 saturated carbocycles. The second-order valence-corrected chi connectivity index (χ2v) is 12.0. The lowest BCUT2D eigenvalue weighted by Gasteiger charge is -2.23. The average Bonchev–Trinajstić information content (AvgIpc) is 2.84. The van der Waals surface area contributed by atoms with Gasteiger partial charge in [-0.2, -0.15) is 4.31 Å². The van der Waals surface area contributed by atoms with Crippen molar-refractivity contribution >= 4 is 31.6 Å². The Morgan fingerprint density at radius 1 is 1.16 bits per heavy atom. The van der Waals surface area contributed by atoms with Crippen LogP contribution in [0.1, 0.15) is 31.9 Å². The smallest absolute Gasteiger partial charge is 0.247 e. The maximum atomic E-state index is 13.2. The van der Waals surface area contributed by atoms with Crippen molar-refractivity contribution in [2.75, 3.05) is 23.1 Å². The molecule has 31 heavy (non-hydrogen) atoms. The molecule has 0 N–H and O–H groups in total. The average molecular weight is 466 g/mol. The van der Waals surface area contributed by atoms with E-state index in [9.17, 15) is 21.6 Å². The Bertz CT molecular complexity index is 1190. The topological polar surface area (TPSA) is 105 Å². The number of anilines is 1. The van der Waals surface area contributed by atoms with Crippen molar-refractivity contribution in [2.24, 2.45) is 5.41 Å². The van der Waals surface area contributed by atoms with Crippen molar-refractivity contribution in [2.45, 2.75) is 39.0 Å². The van der Waals surface area contributed by atoms with Crippen molar-refractivity contribution < 1.29 is 21.6 Å². The number of sulfonamides is 2. The molecule has 0 atom stereocenters. The zero-order valence-corrected chi connectivity index (χ0v) is 19.7. The van der Waals surface area contributed by atoms with Crippen molar-refractivity contribution in [3.63, 3.8) is 0 Å². The summed E-state index contributed by atoms with van der Waals surface area (Å²) >= 11 is 0. The summed E-state index contributed by atoms with van der Waals surface area (Å²) in [6, 6.07) is 7.89. The van der Waals surface area contributed by atoms with Crippen LogP contribution in [0, 0.1) is 12.3 Å². The van der Waals surface area contributed by atoms with Crippen molar-refractivity contribution in [1.29, 1.82) is 0 Å². The van der Waals surface area contributed by atoms with E-state index in [0.717, 1.165) is 9.87 Å². The monoisotopic (exact) mass is 465 g/mol. The lowest BCUT2D eigenvalue weighted by Crippen LogP contribution is -2.34. The lowest BCUT2D eigenvalue weighted by molar-refractivity contribution is -0.123. The minimum Gasteiger partial charge on any atom is -0.273 e. The number of amides is 1.